The molecule has 0 amide bonds. The normalized spacial score (nSPS) is 11.4. The standard InChI is InChI=1S/C30H31N3.C27H22N4.C27H25N3.C26H23N3/c1-20-15-16-22-11-7-10-14-27(22)33(20)28-18-23(30(3,4)5)17-25(21(28)2)29-24-12-8-9-13-26(24)31-19-32(29)6;1-18-13-14-20-9-5-8-12-25(20)31(18)26-16-21(28-3)15-23(19(26)2)27-22-10-6-7-11-24(22)29-17-30(27)4;1-18-13-24(27-23-11-7-8-12-25(23)28-17-29(27)4)20(3)26(14-18)30-16-22-10-6-5-9-21(22)15-19(30)2;1-18-15-20-9-4-5-10-21(20)16-29(18)25-14-8-12-22(19(25)2)26-23-11-6-7-13-24(23)27-17-28(26)3/h7-19H,1-6H3;5-17H,1-2,4H3;5-17H,1-4H3;4-17H,1-3H3/q4*+2. The molecule has 0 atom stereocenters. The molecule has 20 rings (SSSR count). The Morgan fingerprint density at radius 3 is 1.07 bits per heavy atom. The first kappa shape index (κ1) is 80.5. The molecule has 8 heterocycles. The molecular weight excluding hydrogens is 1500 g/mol. The molecule has 123 heavy (non-hydrogen) atoms. The first-order chi connectivity index (χ1) is 59.5. The SMILES string of the molecule is Cc1c(-c2c3ccccc3nc[n+]2C)cc(C(C)(C)C)cc1-[n+]1c(C)ccc2ccccc21.Cc1c(-c2c3ccccc3nc[n+]2C)cccc1-[n+]1cc2ccccc2cc1C.Cc1cc(-c2c3ccccc3nc[n+]2C)c(C)c(-[n+]2cc3ccccc3cc2C)c1.[C-]#[N+]c1cc(-c2c3ccccc3nc[n+]2C)c(C)c(-[n+]2c(C)ccc3ccccc32)c1. The molecule has 0 aliphatic carbocycles. The maximum absolute atomic E-state index is 7.76. The minimum Gasteiger partial charge on any atom is -0.238 e. The topological polar surface area (TPSA) is 87.0 Å². The fourth-order valence-corrected chi connectivity index (χ4v) is 17.7. The number of rotatable bonds is 8. The summed E-state index contributed by atoms with van der Waals surface area (Å²) in [7, 11) is 8.24. The van der Waals surface area contributed by atoms with E-state index < -0.39 is 0 Å². The maximum Gasteiger partial charge on any atom is 0.287 e. The zero-order chi connectivity index (χ0) is 85.6. The molecule has 20 aromatic rings. The van der Waals surface area contributed by atoms with Crippen molar-refractivity contribution in [3.63, 3.8) is 0 Å². The van der Waals surface area contributed by atoms with Crippen molar-refractivity contribution in [2.24, 2.45) is 28.2 Å². The van der Waals surface area contributed by atoms with E-state index in [-0.39, 0.29) is 5.41 Å². The van der Waals surface area contributed by atoms with Crippen LogP contribution in [0, 0.1) is 68.9 Å². The van der Waals surface area contributed by atoms with E-state index in [1.807, 2.05) is 79.4 Å². The second-order valence-electron chi connectivity index (χ2n) is 33.5. The zero-order valence-electron chi connectivity index (χ0n) is 72.9. The van der Waals surface area contributed by atoms with Gasteiger partial charge in [-0.3, -0.25) is 0 Å². The Balaban J connectivity index is 0.000000116. The van der Waals surface area contributed by atoms with Crippen molar-refractivity contribution in [1.82, 2.24) is 19.9 Å². The molecule has 0 aliphatic heterocycles. The van der Waals surface area contributed by atoms with Crippen LogP contribution in [0.2, 0.25) is 0 Å². The van der Waals surface area contributed by atoms with Crippen LogP contribution in [0.3, 0.4) is 0 Å². The fourth-order valence-electron chi connectivity index (χ4n) is 17.7. The number of hydrogen-bond donors (Lipinski definition) is 0. The highest BCUT2D eigenvalue weighted by Crippen LogP contribution is 2.39. The molecule has 0 N–H and O–H groups in total. The summed E-state index contributed by atoms with van der Waals surface area (Å²) < 4.78 is 17.7. The van der Waals surface area contributed by atoms with E-state index in [1.165, 1.54) is 144 Å². The second kappa shape index (κ2) is 33.4. The zero-order valence-corrected chi connectivity index (χ0v) is 72.9. The van der Waals surface area contributed by atoms with Gasteiger partial charge in [-0.15, -0.1) is 0 Å². The largest absolute Gasteiger partial charge is 0.287 e. The van der Waals surface area contributed by atoms with Gasteiger partial charge in [0.2, 0.25) is 33.8 Å². The van der Waals surface area contributed by atoms with Crippen LogP contribution < -0.4 is 36.5 Å². The summed E-state index contributed by atoms with van der Waals surface area (Å²) in [5, 5.41) is 12.0. The lowest BCUT2D eigenvalue weighted by molar-refractivity contribution is -0.662. The predicted octanol–water partition coefficient (Wildman–Crippen LogP) is 21.2. The van der Waals surface area contributed by atoms with Crippen LogP contribution in [0.15, 0.2) is 323 Å². The van der Waals surface area contributed by atoms with Gasteiger partial charge in [-0.2, -0.15) is 18.3 Å². The van der Waals surface area contributed by atoms with E-state index >= 15 is 0 Å². The van der Waals surface area contributed by atoms with Crippen molar-refractivity contribution in [2.75, 3.05) is 0 Å². The van der Waals surface area contributed by atoms with Crippen LogP contribution in [0.4, 0.5) is 5.69 Å². The second-order valence-corrected chi connectivity index (χ2v) is 33.5. The highest BCUT2D eigenvalue weighted by Gasteiger charge is 2.32. The van der Waals surface area contributed by atoms with Crippen molar-refractivity contribution in [1.29, 1.82) is 0 Å². The van der Waals surface area contributed by atoms with Gasteiger partial charge < -0.3 is 0 Å². The minimum absolute atomic E-state index is 0.0116. The van der Waals surface area contributed by atoms with Crippen molar-refractivity contribution in [3.05, 3.63) is 390 Å². The van der Waals surface area contributed by atoms with Gasteiger partial charge in [-0.1, -0.05) is 136 Å². The number of pyridine rings is 4. The first-order valence-corrected chi connectivity index (χ1v) is 42.0. The van der Waals surface area contributed by atoms with E-state index in [2.05, 4.69) is 416 Å². The molecule has 0 radical (unpaired) electrons. The van der Waals surface area contributed by atoms with Gasteiger partial charge in [0.25, 0.3) is 25.3 Å². The molecule has 0 saturated heterocycles. The Morgan fingerprint density at radius 2 is 0.634 bits per heavy atom. The number of fused-ring (bicyclic) bond motifs is 8. The van der Waals surface area contributed by atoms with E-state index in [1.54, 1.807) is 0 Å². The highest BCUT2D eigenvalue weighted by atomic mass is 15.0. The average Bonchev–Trinajstić information content (AvgIpc) is 0.674. The number of para-hydroxylation sites is 6. The summed E-state index contributed by atoms with van der Waals surface area (Å²) >= 11 is 0. The molecule has 12 aromatic carbocycles. The van der Waals surface area contributed by atoms with Crippen LogP contribution in [-0.2, 0) is 33.6 Å². The number of nitrogens with zero attached hydrogens (tertiary/aromatic N) is 13. The molecule has 8 aromatic heterocycles. The van der Waals surface area contributed by atoms with Crippen LogP contribution in [0.1, 0.15) is 76.9 Å². The summed E-state index contributed by atoms with van der Waals surface area (Å²) in [6.07, 6.45) is 12.1. The number of benzene rings is 12. The summed E-state index contributed by atoms with van der Waals surface area (Å²) in [5.74, 6) is 0. The van der Waals surface area contributed by atoms with Gasteiger partial charge in [0.05, 0.1) is 56.3 Å². The van der Waals surface area contributed by atoms with Crippen molar-refractivity contribution in [2.45, 2.75) is 88.5 Å². The van der Waals surface area contributed by atoms with Crippen molar-refractivity contribution in [3.8, 4) is 67.8 Å². The lowest BCUT2D eigenvalue weighted by atomic mass is 9.83. The molecule has 0 saturated carbocycles. The monoisotopic (exact) mass is 1600 g/mol. The fraction of sp³-hybridized carbons (Fsp3) is 0.155. The van der Waals surface area contributed by atoms with Crippen LogP contribution in [0.25, 0.3) is 160 Å². The number of aromatic nitrogens is 12. The first-order valence-electron chi connectivity index (χ1n) is 42.0. The molecule has 0 spiro atoms. The van der Waals surface area contributed by atoms with Gasteiger partial charge in [-0.25, -0.2) is 23.1 Å². The van der Waals surface area contributed by atoms with Crippen LogP contribution >= 0.6 is 0 Å². The van der Waals surface area contributed by atoms with E-state index in [0.717, 1.165) is 66.6 Å². The molecule has 0 aliphatic rings. The van der Waals surface area contributed by atoms with E-state index in [0.29, 0.717) is 5.69 Å². The molecular formula is C110H101N13+8. The average molecular weight is 1610 g/mol. The third-order valence-electron chi connectivity index (χ3n) is 24.2. The van der Waals surface area contributed by atoms with Gasteiger partial charge in [-0.05, 0) is 191 Å². The third-order valence-corrected chi connectivity index (χ3v) is 24.2. The Hall–Kier alpha value is -14.9. The highest BCUT2D eigenvalue weighted by molar-refractivity contribution is 5.96. The summed E-state index contributed by atoms with van der Waals surface area (Å²) in [6.45, 7) is 34.3. The van der Waals surface area contributed by atoms with E-state index in [9.17, 15) is 0 Å². The molecule has 13 heteroatoms. The van der Waals surface area contributed by atoms with Crippen LogP contribution in [-0.4, -0.2) is 19.9 Å². The lowest BCUT2D eigenvalue weighted by Crippen LogP contribution is -2.37. The van der Waals surface area contributed by atoms with Gasteiger partial charge in [0.15, 0.2) is 62.9 Å². The minimum atomic E-state index is 0.0116. The quantitative estimate of drug-likeness (QED) is 0.112. The van der Waals surface area contributed by atoms with Crippen LogP contribution in [0.5, 0.6) is 0 Å². The predicted molar refractivity (Wildman–Crippen MR) is 497 cm³/mol. The smallest absolute Gasteiger partial charge is 0.238 e. The van der Waals surface area contributed by atoms with Gasteiger partial charge in [0, 0.05) is 154 Å². The number of hydrogen-bond acceptors (Lipinski definition) is 4. The van der Waals surface area contributed by atoms with Crippen molar-refractivity contribution < 1.29 is 36.5 Å². The molecule has 0 fully saturated rings. The lowest BCUT2D eigenvalue weighted by Gasteiger charge is -2.22. The Bertz CT molecular complexity index is 7470. The molecule has 13 nitrogen and oxygen atoms in total. The van der Waals surface area contributed by atoms with Crippen molar-refractivity contribution >= 4 is 92.6 Å². The molecule has 0 bridgehead atoms. The maximum atomic E-state index is 7.76. The molecule has 598 valence electrons. The Morgan fingerprint density at radius 1 is 0.285 bits per heavy atom. The van der Waals surface area contributed by atoms with Gasteiger partial charge in [0.1, 0.15) is 22.8 Å². The molecule has 0 unspecified atom stereocenters. The summed E-state index contributed by atoms with van der Waals surface area (Å²) in [5.41, 5.74) is 33.3. The van der Waals surface area contributed by atoms with E-state index in [4.69, 9.17) is 6.57 Å². The summed E-state index contributed by atoms with van der Waals surface area (Å²) in [6, 6.07) is 100. The third kappa shape index (κ3) is 15.4. The Labute approximate surface area is 719 Å². The summed E-state index contributed by atoms with van der Waals surface area (Å²) in [4.78, 5) is 22.2. The Kier molecular flexibility index (Phi) is 21.9. The van der Waals surface area contributed by atoms with Gasteiger partial charge >= 0.3 is 0 Å². The number of aryl methyl sites for hydroxylation is 9.